The van der Waals surface area contributed by atoms with Gasteiger partial charge in [-0.2, -0.15) is 5.26 Å². The second-order valence-corrected chi connectivity index (χ2v) is 5.91. The SMILES string of the molecule is N#Cc1cccc(N[C@@H](C[C@H]2CCOC2)c2ccc(F)cc2)c1. The van der Waals surface area contributed by atoms with Crippen LogP contribution in [0.4, 0.5) is 10.1 Å². The van der Waals surface area contributed by atoms with Crippen LogP contribution in [0.25, 0.3) is 0 Å². The van der Waals surface area contributed by atoms with E-state index in [4.69, 9.17) is 10.00 Å². The van der Waals surface area contributed by atoms with Crippen LogP contribution in [0.5, 0.6) is 0 Å². The number of nitriles is 1. The van der Waals surface area contributed by atoms with E-state index < -0.39 is 0 Å². The molecular weight excluding hydrogens is 291 g/mol. The lowest BCUT2D eigenvalue weighted by atomic mass is 9.94. The van der Waals surface area contributed by atoms with Crippen LogP contribution in [-0.4, -0.2) is 13.2 Å². The average Bonchev–Trinajstić information content (AvgIpc) is 3.08. The lowest BCUT2D eigenvalue weighted by Crippen LogP contribution is -2.16. The van der Waals surface area contributed by atoms with Gasteiger partial charge in [-0.05, 0) is 54.7 Å². The standard InChI is InChI=1S/C19H19FN2O/c20-17-6-4-16(5-7-17)19(11-15-8-9-23-13-15)22-18-3-1-2-14(10-18)12-21/h1-7,10,15,19,22H,8-9,11,13H2/t15-,19+/m1/s1. The molecule has 1 aliphatic heterocycles. The Morgan fingerprint density at radius 3 is 2.78 bits per heavy atom. The van der Waals surface area contributed by atoms with Crippen molar-refractivity contribution in [2.45, 2.75) is 18.9 Å². The number of nitrogens with zero attached hydrogens (tertiary/aromatic N) is 1. The Labute approximate surface area is 135 Å². The zero-order valence-electron chi connectivity index (χ0n) is 12.8. The van der Waals surface area contributed by atoms with Crippen LogP contribution in [-0.2, 0) is 4.74 Å². The first kappa shape index (κ1) is 15.5. The van der Waals surface area contributed by atoms with E-state index in [-0.39, 0.29) is 11.9 Å². The van der Waals surface area contributed by atoms with Gasteiger partial charge in [0.2, 0.25) is 0 Å². The Morgan fingerprint density at radius 1 is 1.26 bits per heavy atom. The minimum absolute atomic E-state index is 0.0660. The van der Waals surface area contributed by atoms with E-state index in [9.17, 15) is 4.39 Å². The first-order chi connectivity index (χ1) is 11.2. The molecule has 23 heavy (non-hydrogen) atoms. The molecule has 118 valence electrons. The number of hydrogen-bond donors (Lipinski definition) is 1. The molecule has 0 aliphatic carbocycles. The molecule has 0 radical (unpaired) electrons. The van der Waals surface area contributed by atoms with Crippen LogP contribution in [0.3, 0.4) is 0 Å². The highest BCUT2D eigenvalue weighted by Crippen LogP contribution is 2.30. The first-order valence-electron chi connectivity index (χ1n) is 7.84. The molecule has 0 saturated carbocycles. The Bertz CT molecular complexity index is 687. The first-order valence-corrected chi connectivity index (χ1v) is 7.84. The van der Waals surface area contributed by atoms with Gasteiger partial charge in [0, 0.05) is 18.9 Å². The molecule has 3 nitrogen and oxygen atoms in total. The Balaban J connectivity index is 1.81. The van der Waals surface area contributed by atoms with Crippen molar-refractivity contribution in [1.82, 2.24) is 0 Å². The van der Waals surface area contributed by atoms with E-state index in [0.29, 0.717) is 11.5 Å². The number of ether oxygens (including phenoxy) is 1. The molecule has 0 unspecified atom stereocenters. The summed E-state index contributed by atoms with van der Waals surface area (Å²) in [4.78, 5) is 0. The summed E-state index contributed by atoms with van der Waals surface area (Å²) in [6, 6.07) is 16.2. The lowest BCUT2D eigenvalue weighted by Gasteiger charge is -2.23. The number of benzene rings is 2. The Hall–Kier alpha value is -2.38. The van der Waals surface area contributed by atoms with Crippen LogP contribution in [0, 0.1) is 23.1 Å². The van der Waals surface area contributed by atoms with Crippen molar-refractivity contribution in [1.29, 1.82) is 5.26 Å². The molecule has 0 spiro atoms. The van der Waals surface area contributed by atoms with Crippen LogP contribution in [0.2, 0.25) is 0 Å². The molecule has 3 rings (SSSR count). The maximum Gasteiger partial charge on any atom is 0.123 e. The van der Waals surface area contributed by atoms with E-state index in [2.05, 4.69) is 11.4 Å². The molecule has 4 heteroatoms. The third-order valence-electron chi connectivity index (χ3n) is 4.20. The van der Waals surface area contributed by atoms with Gasteiger partial charge in [-0.1, -0.05) is 18.2 Å². The van der Waals surface area contributed by atoms with Gasteiger partial charge in [0.1, 0.15) is 5.82 Å². The summed E-state index contributed by atoms with van der Waals surface area (Å²) in [6.07, 6.45) is 1.97. The highest BCUT2D eigenvalue weighted by atomic mass is 19.1. The number of rotatable bonds is 5. The molecule has 1 saturated heterocycles. The maximum atomic E-state index is 13.2. The van der Waals surface area contributed by atoms with Gasteiger partial charge in [-0.25, -0.2) is 4.39 Å². The monoisotopic (exact) mass is 310 g/mol. The summed E-state index contributed by atoms with van der Waals surface area (Å²) >= 11 is 0. The quantitative estimate of drug-likeness (QED) is 0.896. The fourth-order valence-electron chi connectivity index (χ4n) is 2.96. The average molecular weight is 310 g/mol. The number of anilines is 1. The second kappa shape index (κ2) is 7.26. The molecular formula is C19H19FN2O. The van der Waals surface area contributed by atoms with Crippen molar-refractivity contribution in [2.24, 2.45) is 5.92 Å². The second-order valence-electron chi connectivity index (χ2n) is 5.91. The van der Waals surface area contributed by atoms with Crippen molar-refractivity contribution >= 4 is 5.69 Å². The number of hydrogen-bond acceptors (Lipinski definition) is 3. The fraction of sp³-hybridized carbons (Fsp3) is 0.316. The van der Waals surface area contributed by atoms with Crippen molar-refractivity contribution in [3.05, 3.63) is 65.5 Å². The fourth-order valence-corrected chi connectivity index (χ4v) is 2.96. The third-order valence-corrected chi connectivity index (χ3v) is 4.20. The summed E-state index contributed by atoms with van der Waals surface area (Å²) in [6.45, 7) is 1.59. The third kappa shape index (κ3) is 4.08. The van der Waals surface area contributed by atoms with Crippen molar-refractivity contribution in [3.8, 4) is 6.07 Å². The van der Waals surface area contributed by atoms with E-state index in [1.54, 1.807) is 6.07 Å². The molecule has 1 heterocycles. The number of halogens is 1. The summed E-state index contributed by atoms with van der Waals surface area (Å²) in [5.74, 6) is 0.264. The molecule has 1 fully saturated rings. The molecule has 1 aliphatic rings. The van der Waals surface area contributed by atoms with E-state index >= 15 is 0 Å². The van der Waals surface area contributed by atoms with Crippen LogP contribution < -0.4 is 5.32 Å². The van der Waals surface area contributed by atoms with E-state index in [1.165, 1.54) is 12.1 Å². The lowest BCUT2D eigenvalue weighted by molar-refractivity contribution is 0.183. The molecule has 0 amide bonds. The predicted octanol–water partition coefficient (Wildman–Crippen LogP) is 4.28. The minimum atomic E-state index is -0.233. The topological polar surface area (TPSA) is 45.0 Å². The van der Waals surface area contributed by atoms with Crippen molar-refractivity contribution in [2.75, 3.05) is 18.5 Å². The highest BCUT2D eigenvalue weighted by Gasteiger charge is 2.22. The van der Waals surface area contributed by atoms with Crippen molar-refractivity contribution < 1.29 is 9.13 Å². The smallest absolute Gasteiger partial charge is 0.123 e. The largest absolute Gasteiger partial charge is 0.381 e. The van der Waals surface area contributed by atoms with Crippen LogP contribution in [0.15, 0.2) is 48.5 Å². The summed E-state index contributed by atoms with van der Waals surface area (Å²) in [5.41, 5.74) is 2.56. The maximum absolute atomic E-state index is 13.2. The van der Waals surface area contributed by atoms with Gasteiger partial charge in [-0.15, -0.1) is 0 Å². The van der Waals surface area contributed by atoms with Crippen LogP contribution in [0.1, 0.15) is 30.0 Å². The molecule has 2 atom stereocenters. The van der Waals surface area contributed by atoms with E-state index in [1.807, 2.05) is 30.3 Å². The molecule has 2 aromatic carbocycles. The van der Waals surface area contributed by atoms with E-state index in [0.717, 1.165) is 37.3 Å². The summed E-state index contributed by atoms with van der Waals surface area (Å²) in [7, 11) is 0. The number of nitrogens with one attached hydrogen (secondary N) is 1. The van der Waals surface area contributed by atoms with Crippen LogP contribution >= 0.6 is 0 Å². The zero-order valence-corrected chi connectivity index (χ0v) is 12.8. The highest BCUT2D eigenvalue weighted by molar-refractivity contribution is 5.50. The predicted molar refractivity (Wildman–Crippen MR) is 87.5 cm³/mol. The Morgan fingerprint density at radius 2 is 2.09 bits per heavy atom. The molecule has 0 aromatic heterocycles. The minimum Gasteiger partial charge on any atom is -0.381 e. The Kier molecular flexibility index (Phi) is 4.89. The van der Waals surface area contributed by atoms with Gasteiger partial charge in [0.25, 0.3) is 0 Å². The van der Waals surface area contributed by atoms with Gasteiger partial charge >= 0.3 is 0 Å². The molecule has 2 aromatic rings. The summed E-state index contributed by atoms with van der Waals surface area (Å²) < 4.78 is 18.7. The molecule has 0 bridgehead atoms. The van der Waals surface area contributed by atoms with Gasteiger partial charge in [0.15, 0.2) is 0 Å². The summed E-state index contributed by atoms with van der Waals surface area (Å²) in [5, 5.41) is 12.5. The van der Waals surface area contributed by atoms with Gasteiger partial charge in [-0.3, -0.25) is 0 Å². The zero-order chi connectivity index (χ0) is 16.1. The van der Waals surface area contributed by atoms with Gasteiger partial charge < -0.3 is 10.1 Å². The van der Waals surface area contributed by atoms with Crippen molar-refractivity contribution in [3.63, 3.8) is 0 Å². The van der Waals surface area contributed by atoms with Gasteiger partial charge in [0.05, 0.1) is 17.7 Å². The molecule has 1 N–H and O–H groups in total. The normalized spacial score (nSPS) is 18.3.